The van der Waals surface area contributed by atoms with Crippen molar-refractivity contribution >= 4 is 28.2 Å². The van der Waals surface area contributed by atoms with Gasteiger partial charge in [0, 0.05) is 36.6 Å². The molecule has 1 aliphatic heterocycles. The van der Waals surface area contributed by atoms with Gasteiger partial charge in [-0.1, -0.05) is 18.2 Å². The molecule has 0 atom stereocenters. The van der Waals surface area contributed by atoms with Crippen LogP contribution in [0.3, 0.4) is 0 Å². The van der Waals surface area contributed by atoms with Crippen molar-refractivity contribution in [1.82, 2.24) is 10.2 Å². The van der Waals surface area contributed by atoms with Crippen LogP contribution in [0.4, 0.5) is 5.00 Å². The molecule has 1 fully saturated rings. The van der Waals surface area contributed by atoms with Gasteiger partial charge in [-0.15, -0.1) is 11.3 Å². The molecule has 4 rings (SSSR count). The van der Waals surface area contributed by atoms with Crippen LogP contribution in [0, 0.1) is 6.92 Å². The van der Waals surface area contributed by atoms with Gasteiger partial charge in [0.25, 0.3) is 11.8 Å². The van der Waals surface area contributed by atoms with E-state index in [2.05, 4.69) is 15.5 Å². The predicted octanol–water partition coefficient (Wildman–Crippen LogP) is 2.86. The van der Waals surface area contributed by atoms with Crippen molar-refractivity contribution in [1.29, 1.82) is 0 Å². The van der Waals surface area contributed by atoms with Gasteiger partial charge < -0.3 is 15.4 Å². The van der Waals surface area contributed by atoms with Crippen LogP contribution in [0.5, 0.6) is 0 Å². The first kappa shape index (κ1) is 20.1. The molecule has 1 aromatic heterocycles. The number of thiophene rings is 1. The Morgan fingerprint density at radius 2 is 1.93 bits per heavy atom. The molecule has 1 aromatic carbocycles. The van der Waals surface area contributed by atoms with E-state index >= 15 is 0 Å². The summed E-state index contributed by atoms with van der Waals surface area (Å²) in [5.41, 5.74) is 3.33. The van der Waals surface area contributed by atoms with Crippen LogP contribution in [-0.2, 0) is 17.6 Å². The summed E-state index contributed by atoms with van der Waals surface area (Å²) < 4.78 is 5.37. The van der Waals surface area contributed by atoms with Gasteiger partial charge in [0.05, 0.1) is 18.8 Å². The van der Waals surface area contributed by atoms with Crippen molar-refractivity contribution in [2.24, 2.45) is 0 Å². The maximum absolute atomic E-state index is 13.0. The second-order valence-electron chi connectivity index (χ2n) is 7.54. The topological polar surface area (TPSA) is 70.7 Å². The molecule has 2 aromatic rings. The monoisotopic (exact) mass is 413 g/mol. The highest BCUT2D eigenvalue weighted by atomic mass is 32.1. The molecular formula is C22H27N3O3S. The minimum Gasteiger partial charge on any atom is -0.379 e. The fourth-order valence-electron chi connectivity index (χ4n) is 3.97. The molecule has 2 amide bonds. The quantitative estimate of drug-likeness (QED) is 0.764. The molecule has 154 valence electrons. The van der Waals surface area contributed by atoms with Gasteiger partial charge in [-0.25, -0.2) is 0 Å². The number of morpholine rings is 1. The second kappa shape index (κ2) is 9.07. The molecule has 0 saturated carbocycles. The van der Waals surface area contributed by atoms with Crippen molar-refractivity contribution < 1.29 is 14.3 Å². The molecule has 0 spiro atoms. The van der Waals surface area contributed by atoms with Crippen molar-refractivity contribution in [2.75, 3.05) is 44.7 Å². The van der Waals surface area contributed by atoms with Crippen LogP contribution in [0.2, 0.25) is 0 Å². The number of ether oxygens (including phenoxy) is 1. The summed E-state index contributed by atoms with van der Waals surface area (Å²) >= 11 is 1.55. The molecule has 1 aliphatic carbocycles. The van der Waals surface area contributed by atoms with Crippen molar-refractivity contribution in [3.8, 4) is 0 Å². The highest BCUT2D eigenvalue weighted by Gasteiger charge is 2.27. The van der Waals surface area contributed by atoms with Crippen LogP contribution < -0.4 is 10.6 Å². The lowest BCUT2D eigenvalue weighted by molar-refractivity contribution is 0.0383. The number of fused-ring (bicyclic) bond motifs is 1. The van der Waals surface area contributed by atoms with Crippen molar-refractivity contribution in [2.45, 2.75) is 26.2 Å². The first-order chi connectivity index (χ1) is 14.1. The SMILES string of the molecule is Cc1ccccc1C(=O)Nc1sc2c(c1C(=O)NCCN1CCOCC1)CCC2. The number of hydrogen-bond donors (Lipinski definition) is 2. The smallest absolute Gasteiger partial charge is 0.256 e. The molecule has 7 heteroatoms. The van der Waals surface area contributed by atoms with Crippen LogP contribution in [0.1, 0.15) is 43.1 Å². The molecular weight excluding hydrogens is 386 g/mol. The summed E-state index contributed by atoms with van der Waals surface area (Å²) in [7, 11) is 0. The zero-order valence-electron chi connectivity index (χ0n) is 16.8. The third kappa shape index (κ3) is 4.52. The molecule has 2 heterocycles. The first-order valence-corrected chi connectivity index (χ1v) is 11.0. The van der Waals surface area contributed by atoms with Crippen LogP contribution >= 0.6 is 11.3 Å². The largest absolute Gasteiger partial charge is 0.379 e. The van der Waals surface area contributed by atoms with Gasteiger partial charge in [0.2, 0.25) is 0 Å². The zero-order chi connectivity index (χ0) is 20.2. The van der Waals surface area contributed by atoms with Crippen LogP contribution in [0.25, 0.3) is 0 Å². The van der Waals surface area contributed by atoms with Crippen molar-refractivity contribution in [3.63, 3.8) is 0 Å². The standard InChI is InChI=1S/C22H27N3O3S/c1-15-5-2-3-6-16(15)20(26)24-22-19(17-7-4-8-18(17)29-22)21(27)23-9-10-25-11-13-28-14-12-25/h2-3,5-6H,4,7-14H2,1H3,(H,23,27)(H,24,26). The van der Waals surface area contributed by atoms with E-state index in [0.717, 1.165) is 63.2 Å². The Morgan fingerprint density at radius 3 is 2.72 bits per heavy atom. The first-order valence-electron chi connectivity index (χ1n) is 10.2. The second-order valence-corrected chi connectivity index (χ2v) is 8.65. The number of carbonyl (C=O) groups is 2. The van der Waals surface area contributed by atoms with E-state index in [1.807, 2.05) is 31.2 Å². The van der Waals surface area contributed by atoms with E-state index in [4.69, 9.17) is 4.74 Å². The molecule has 29 heavy (non-hydrogen) atoms. The van der Waals surface area contributed by atoms with Gasteiger partial charge in [0.1, 0.15) is 5.00 Å². The van der Waals surface area contributed by atoms with Crippen LogP contribution in [-0.4, -0.2) is 56.1 Å². The highest BCUT2D eigenvalue weighted by Crippen LogP contribution is 2.39. The minimum atomic E-state index is -0.162. The van der Waals surface area contributed by atoms with Gasteiger partial charge in [0.15, 0.2) is 0 Å². The van der Waals surface area contributed by atoms with E-state index < -0.39 is 0 Å². The molecule has 2 N–H and O–H groups in total. The minimum absolute atomic E-state index is 0.0854. The predicted molar refractivity (Wildman–Crippen MR) is 115 cm³/mol. The third-order valence-electron chi connectivity index (χ3n) is 5.58. The Labute approximate surface area is 175 Å². The Hall–Kier alpha value is -2.22. The summed E-state index contributed by atoms with van der Waals surface area (Å²) in [6, 6.07) is 7.51. The Bertz CT molecular complexity index is 903. The fraction of sp³-hybridized carbons (Fsp3) is 0.455. The average molecular weight is 414 g/mol. The fourth-order valence-corrected chi connectivity index (χ4v) is 5.25. The summed E-state index contributed by atoms with van der Waals surface area (Å²) in [4.78, 5) is 29.3. The van der Waals surface area contributed by atoms with Crippen LogP contribution in [0.15, 0.2) is 24.3 Å². The summed E-state index contributed by atoms with van der Waals surface area (Å²) in [5.74, 6) is -0.247. The summed E-state index contributed by atoms with van der Waals surface area (Å²) in [6.07, 6.45) is 2.95. The molecule has 6 nitrogen and oxygen atoms in total. The molecule has 0 bridgehead atoms. The van der Waals surface area contributed by atoms with Gasteiger partial charge in [-0.2, -0.15) is 0 Å². The van der Waals surface area contributed by atoms with E-state index in [-0.39, 0.29) is 11.8 Å². The maximum atomic E-state index is 13.0. The number of aryl methyl sites for hydroxylation is 2. The Morgan fingerprint density at radius 1 is 1.14 bits per heavy atom. The number of anilines is 1. The molecule has 0 unspecified atom stereocenters. The molecule has 1 saturated heterocycles. The Balaban J connectivity index is 1.46. The van der Waals surface area contributed by atoms with E-state index in [9.17, 15) is 9.59 Å². The van der Waals surface area contributed by atoms with E-state index in [0.29, 0.717) is 22.7 Å². The molecule has 2 aliphatic rings. The maximum Gasteiger partial charge on any atom is 0.256 e. The number of hydrogen-bond acceptors (Lipinski definition) is 5. The lowest BCUT2D eigenvalue weighted by atomic mass is 10.1. The van der Waals surface area contributed by atoms with Gasteiger partial charge >= 0.3 is 0 Å². The van der Waals surface area contributed by atoms with Crippen molar-refractivity contribution in [3.05, 3.63) is 51.4 Å². The summed E-state index contributed by atoms with van der Waals surface area (Å²) in [6.45, 7) is 6.63. The van der Waals surface area contributed by atoms with Gasteiger partial charge in [-0.3, -0.25) is 14.5 Å². The number of nitrogens with one attached hydrogen (secondary N) is 2. The normalized spacial score (nSPS) is 16.4. The number of nitrogens with zero attached hydrogens (tertiary/aromatic N) is 1. The zero-order valence-corrected chi connectivity index (χ0v) is 17.6. The van der Waals surface area contributed by atoms with E-state index in [1.54, 1.807) is 11.3 Å². The lowest BCUT2D eigenvalue weighted by Gasteiger charge is -2.26. The molecule has 0 radical (unpaired) electrons. The Kier molecular flexibility index (Phi) is 6.28. The summed E-state index contributed by atoms with van der Waals surface area (Å²) in [5, 5.41) is 6.74. The lowest BCUT2D eigenvalue weighted by Crippen LogP contribution is -2.41. The average Bonchev–Trinajstić information content (AvgIpc) is 3.29. The third-order valence-corrected chi connectivity index (χ3v) is 6.79. The van der Waals surface area contributed by atoms with E-state index in [1.165, 1.54) is 4.88 Å². The van der Waals surface area contributed by atoms with Gasteiger partial charge in [-0.05, 0) is 43.4 Å². The number of carbonyl (C=O) groups excluding carboxylic acids is 2. The number of amides is 2. The number of benzene rings is 1. The highest BCUT2D eigenvalue weighted by molar-refractivity contribution is 7.17. The number of rotatable bonds is 6.